The molecule has 0 aliphatic rings. The number of nitrogens with zero attached hydrogens (tertiary/aromatic N) is 1. The monoisotopic (exact) mass is 361 g/mol. The van der Waals surface area contributed by atoms with Gasteiger partial charge in [-0.1, -0.05) is 30.1 Å². The lowest BCUT2D eigenvalue weighted by Gasteiger charge is -2.28. The fourth-order valence-corrected chi connectivity index (χ4v) is 2.40. The topological polar surface area (TPSA) is 55.8 Å². The van der Waals surface area contributed by atoms with Crippen molar-refractivity contribution in [3.05, 3.63) is 28.2 Å². The van der Waals surface area contributed by atoms with Gasteiger partial charge in [-0.05, 0) is 31.5 Å². The van der Waals surface area contributed by atoms with Gasteiger partial charge in [-0.15, -0.1) is 0 Å². The highest BCUT2D eigenvalue weighted by molar-refractivity contribution is 6.35. The van der Waals surface area contributed by atoms with Gasteiger partial charge in [-0.2, -0.15) is 0 Å². The highest BCUT2D eigenvalue weighted by Gasteiger charge is 2.20. The second-order valence-electron chi connectivity index (χ2n) is 5.03. The van der Waals surface area contributed by atoms with E-state index in [1.807, 2.05) is 13.8 Å². The molecular formula is C16H21Cl2NO4. The minimum atomic E-state index is -0.354. The first-order valence-corrected chi connectivity index (χ1v) is 8.08. The summed E-state index contributed by atoms with van der Waals surface area (Å²) in [5.41, 5.74) is 0. The van der Waals surface area contributed by atoms with Crippen LogP contribution in [0.5, 0.6) is 5.75 Å². The first-order valence-electron chi connectivity index (χ1n) is 7.33. The third kappa shape index (κ3) is 6.28. The molecule has 0 bridgehead atoms. The van der Waals surface area contributed by atoms with E-state index in [0.717, 1.165) is 6.42 Å². The van der Waals surface area contributed by atoms with Crippen LogP contribution in [0.3, 0.4) is 0 Å². The number of rotatable bonds is 8. The maximum Gasteiger partial charge on any atom is 0.307 e. The van der Waals surface area contributed by atoms with Gasteiger partial charge in [0.15, 0.2) is 6.61 Å². The van der Waals surface area contributed by atoms with Gasteiger partial charge in [-0.3, -0.25) is 9.59 Å². The molecule has 0 saturated heterocycles. The molecule has 0 N–H and O–H groups in total. The number of halogens is 2. The molecule has 0 radical (unpaired) electrons. The van der Waals surface area contributed by atoms with Gasteiger partial charge in [0.1, 0.15) is 5.75 Å². The van der Waals surface area contributed by atoms with Crippen molar-refractivity contribution in [1.29, 1.82) is 0 Å². The second kappa shape index (κ2) is 9.63. The summed E-state index contributed by atoms with van der Waals surface area (Å²) in [5, 5.41) is 0.836. The van der Waals surface area contributed by atoms with E-state index in [1.54, 1.807) is 23.1 Å². The number of methoxy groups -OCH3 is 1. The van der Waals surface area contributed by atoms with Crippen LogP contribution >= 0.6 is 23.2 Å². The van der Waals surface area contributed by atoms with Crippen molar-refractivity contribution < 1.29 is 19.1 Å². The molecule has 0 aliphatic heterocycles. The summed E-state index contributed by atoms with van der Waals surface area (Å²) in [4.78, 5) is 25.3. The Morgan fingerprint density at radius 3 is 2.57 bits per heavy atom. The zero-order valence-corrected chi connectivity index (χ0v) is 15.0. The number of amides is 1. The number of carbonyl (C=O) groups excluding carboxylic acids is 2. The molecule has 23 heavy (non-hydrogen) atoms. The largest absolute Gasteiger partial charge is 0.482 e. The fourth-order valence-electron chi connectivity index (χ4n) is 1.94. The normalized spacial score (nSPS) is 11.7. The van der Waals surface area contributed by atoms with Crippen molar-refractivity contribution in [2.24, 2.45) is 0 Å². The van der Waals surface area contributed by atoms with E-state index < -0.39 is 0 Å². The molecule has 1 unspecified atom stereocenters. The van der Waals surface area contributed by atoms with E-state index in [9.17, 15) is 9.59 Å². The third-order valence-electron chi connectivity index (χ3n) is 3.47. The SMILES string of the molecule is CCC(C)N(CCC(=O)OC)C(=O)COc1ccc(Cl)cc1Cl. The Balaban J connectivity index is 2.67. The van der Waals surface area contributed by atoms with Gasteiger partial charge in [0.25, 0.3) is 5.91 Å². The molecule has 1 atom stereocenters. The molecule has 128 valence electrons. The Labute approximate surface area is 146 Å². The van der Waals surface area contributed by atoms with Crippen LogP contribution in [0, 0.1) is 0 Å². The van der Waals surface area contributed by atoms with E-state index in [2.05, 4.69) is 4.74 Å². The average Bonchev–Trinajstić information content (AvgIpc) is 2.53. The van der Waals surface area contributed by atoms with Gasteiger partial charge in [0.05, 0.1) is 18.6 Å². The van der Waals surface area contributed by atoms with Crippen molar-refractivity contribution in [1.82, 2.24) is 4.90 Å². The van der Waals surface area contributed by atoms with Gasteiger partial charge in [-0.25, -0.2) is 0 Å². The minimum Gasteiger partial charge on any atom is -0.482 e. The van der Waals surface area contributed by atoms with Crippen LogP contribution in [0.15, 0.2) is 18.2 Å². The summed E-state index contributed by atoms with van der Waals surface area (Å²) in [6.45, 7) is 4.02. The molecule has 0 spiro atoms. The van der Waals surface area contributed by atoms with Crippen molar-refractivity contribution in [3.63, 3.8) is 0 Å². The van der Waals surface area contributed by atoms with Crippen molar-refractivity contribution in [2.45, 2.75) is 32.7 Å². The van der Waals surface area contributed by atoms with Crippen molar-refractivity contribution in [2.75, 3.05) is 20.3 Å². The molecule has 1 aromatic rings. The molecule has 5 nitrogen and oxygen atoms in total. The van der Waals surface area contributed by atoms with E-state index in [4.69, 9.17) is 27.9 Å². The fraction of sp³-hybridized carbons (Fsp3) is 0.500. The zero-order valence-electron chi connectivity index (χ0n) is 13.5. The molecule has 7 heteroatoms. The Hall–Kier alpha value is -1.46. The predicted octanol–water partition coefficient (Wildman–Crippen LogP) is 3.56. The minimum absolute atomic E-state index is 0.00329. The number of hydrogen-bond donors (Lipinski definition) is 0. The number of hydrogen-bond acceptors (Lipinski definition) is 4. The smallest absolute Gasteiger partial charge is 0.307 e. The van der Waals surface area contributed by atoms with Crippen LogP contribution in [0.25, 0.3) is 0 Å². The summed E-state index contributed by atoms with van der Waals surface area (Å²) in [5.74, 6) is -0.177. The highest BCUT2D eigenvalue weighted by atomic mass is 35.5. The number of benzene rings is 1. The Bertz CT molecular complexity index is 551. The summed E-state index contributed by atoms with van der Waals surface area (Å²) in [6, 6.07) is 4.79. The lowest BCUT2D eigenvalue weighted by atomic mass is 10.2. The van der Waals surface area contributed by atoms with Crippen LogP contribution in [0.2, 0.25) is 10.0 Å². The van der Waals surface area contributed by atoms with E-state index in [-0.39, 0.29) is 37.5 Å². The van der Waals surface area contributed by atoms with Crippen LogP contribution in [0.1, 0.15) is 26.7 Å². The first kappa shape index (κ1) is 19.6. The molecule has 1 aromatic carbocycles. The van der Waals surface area contributed by atoms with E-state index in [1.165, 1.54) is 7.11 Å². The molecular weight excluding hydrogens is 341 g/mol. The standard InChI is InChI=1S/C16H21Cl2NO4/c1-4-11(2)19(8-7-16(21)22-3)15(20)10-23-14-6-5-12(17)9-13(14)18/h5-6,9,11H,4,7-8,10H2,1-3H3. The maximum atomic E-state index is 12.4. The Morgan fingerprint density at radius 1 is 1.30 bits per heavy atom. The summed E-state index contributed by atoms with van der Waals surface area (Å²) >= 11 is 11.8. The molecule has 0 aromatic heterocycles. The lowest BCUT2D eigenvalue weighted by Crippen LogP contribution is -2.42. The van der Waals surface area contributed by atoms with E-state index >= 15 is 0 Å². The lowest BCUT2D eigenvalue weighted by molar-refractivity contribution is -0.142. The van der Waals surface area contributed by atoms with Crippen LogP contribution in [-0.2, 0) is 14.3 Å². The van der Waals surface area contributed by atoms with Gasteiger partial charge in [0, 0.05) is 17.6 Å². The number of ether oxygens (including phenoxy) is 2. The van der Waals surface area contributed by atoms with Crippen LogP contribution in [0.4, 0.5) is 0 Å². The quantitative estimate of drug-likeness (QED) is 0.664. The van der Waals surface area contributed by atoms with Gasteiger partial charge >= 0.3 is 5.97 Å². The second-order valence-corrected chi connectivity index (χ2v) is 5.88. The molecule has 0 aliphatic carbocycles. The Kier molecular flexibility index (Phi) is 8.20. The van der Waals surface area contributed by atoms with Crippen LogP contribution in [-0.4, -0.2) is 43.1 Å². The van der Waals surface area contributed by atoms with Gasteiger partial charge in [0.2, 0.25) is 0 Å². The van der Waals surface area contributed by atoms with E-state index in [0.29, 0.717) is 15.8 Å². The number of carbonyl (C=O) groups is 2. The average molecular weight is 362 g/mol. The van der Waals surface area contributed by atoms with Crippen LogP contribution < -0.4 is 4.74 Å². The van der Waals surface area contributed by atoms with Gasteiger partial charge < -0.3 is 14.4 Å². The molecule has 1 rings (SSSR count). The molecule has 0 saturated carbocycles. The summed E-state index contributed by atoms with van der Waals surface area (Å²) in [6.07, 6.45) is 0.920. The van der Waals surface area contributed by atoms with Crippen molar-refractivity contribution in [3.8, 4) is 5.75 Å². The highest BCUT2D eigenvalue weighted by Crippen LogP contribution is 2.27. The zero-order chi connectivity index (χ0) is 17.4. The summed E-state index contributed by atoms with van der Waals surface area (Å²) in [7, 11) is 1.32. The summed E-state index contributed by atoms with van der Waals surface area (Å²) < 4.78 is 10.1. The van der Waals surface area contributed by atoms with Crippen molar-refractivity contribution >= 4 is 35.1 Å². The number of esters is 1. The third-order valence-corrected chi connectivity index (χ3v) is 4.00. The molecule has 1 amide bonds. The predicted molar refractivity (Wildman–Crippen MR) is 90.1 cm³/mol. The Morgan fingerprint density at radius 2 is 2.00 bits per heavy atom. The maximum absolute atomic E-state index is 12.4. The molecule has 0 fully saturated rings. The molecule has 0 heterocycles. The first-order chi connectivity index (χ1) is 10.9.